The zero-order valence-corrected chi connectivity index (χ0v) is 18.0. The smallest absolute Gasteiger partial charge is 0.261 e. The van der Waals surface area contributed by atoms with E-state index < -0.39 is 10.0 Å². The highest BCUT2D eigenvalue weighted by Crippen LogP contribution is 2.33. The average molecular weight is 433 g/mol. The van der Waals surface area contributed by atoms with E-state index in [4.69, 9.17) is 0 Å². The van der Waals surface area contributed by atoms with Gasteiger partial charge >= 0.3 is 0 Å². The second-order valence-corrected chi connectivity index (χ2v) is 9.87. The summed E-state index contributed by atoms with van der Waals surface area (Å²) in [6.07, 6.45) is 5.37. The highest BCUT2D eigenvalue weighted by atomic mass is 32.2. The Morgan fingerprint density at radius 3 is 2.52 bits per heavy atom. The van der Waals surface area contributed by atoms with Crippen molar-refractivity contribution >= 4 is 38.0 Å². The van der Waals surface area contributed by atoms with Gasteiger partial charge in [0.25, 0.3) is 10.0 Å². The van der Waals surface area contributed by atoms with Crippen LogP contribution in [0.2, 0.25) is 0 Å². The van der Waals surface area contributed by atoms with Gasteiger partial charge in [-0.1, -0.05) is 42.5 Å². The predicted molar refractivity (Wildman–Crippen MR) is 123 cm³/mol. The molecule has 31 heavy (non-hydrogen) atoms. The molecule has 1 heterocycles. The summed E-state index contributed by atoms with van der Waals surface area (Å²) in [5.74, 6) is 0.152. The van der Waals surface area contributed by atoms with Gasteiger partial charge in [-0.25, -0.2) is 8.42 Å². The lowest BCUT2D eigenvalue weighted by atomic mass is 10.0. The maximum absolute atomic E-state index is 13.0. The standard InChI is InChI=1S/C25H24N2O3S/c28-25(27-13-3-4-14-27)16-21-8-7-19-9-11-22(17-24(19)21)26-31(29,30)23-12-10-18-5-1-2-6-20(18)15-23/h1-2,5-6,8-12,15,17,26H,3-4,7,13-14,16H2. The van der Waals surface area contributed by atoms with Crippen LogP contribution in [0, 0.1) is 0 Å². The molecule has 0 spiro atoms. The van der Waals surface area contributed by atoms with Crippen molar-refractivity contribution in [1.82, 2.24) is 4.90 Å². The molecule has 3 aromatic carbocycles. The summed E-state index contributed by atoms with van der Waals surface area (Å²) in [5.41, 5.74) is 3.58. The molecule has 0 atom stereocenters. The normalized spacial score (nSPS) is 15.7. The van der Waals surface area contributed by atoms with Crippen LogP contribution in [-0.4, -0.2) is 32.3 Å². The summed E-state index contributed by atoms with van der Waals surface area (Å²) >= 11 is 0. The molecule has 2 aliphatic rings. The molecule has 0 unspecified atom stereocenters. The molecule has 158 valence electrons. The lowest BCUT2D eigenvalue weighted by Crippen LogP contribution is -2.27. The van der Waals surface area contributed by atoms with Crippen molar-refractivity contribution < 1.29 is 13.2 Å². The van der Waals surface area contributed by atoms with Crippen molar-refractivity contribution in [3.05, 3.63) is 77.9 Å². The van der Waals surface area contributed by atoms with E-state index in [2.05, 4.69) is 10.8 Å². The number of likely N-dealkylation sites (tertiary alicyclic amines) is 1. The average Bonchev–Trinajstić information content (AvgIpc) is 3.44. The van der Waals surface area contributed by atoms with Crippen LogP contribution >= 0.6 is 0 Å². The first-order valence-electron chi connectivity index (χ1n) is 10.6. The van der Waals surface area contributed by atoms with Crippen LogP contribution in [0.15, 0.2) is 71.6 Å². The zero-order valence-electron chi connectivity index (χ0n) is 17.2. The predicted octanol–water partition coefficient (Wildman–Crippen LogP) is 4.59. The van der Waals surface area contributed by atoms with E-state index in [-0.39, 0.29) is 10.8 Å². The van der Waals surface area contributed by atoms with Gasteiger partial charge < -0.3 is 4.90 Å². The Morgan fingerprint density at radius 1 is 0.935 bits per heavy atom. The number of fused-ring (bicyclic) bond motifs is 2. The van der Waals surface area contributed by atoms with Crippen LogP contribution in [0.5, 0.6) is 0 Å². The maximum atomic E-state index is 13.0. The Labute approximate surface area is 182 Å². The Morgan fingerprint density at radius 2 is 1.71 bits per heavy atom. The summed E-state index contributed by atoms with van der Waals surface area (Å²) in [4.78, 5) is 14.7. The van der Waals surface area contributed by atoms with Crippen molar-refractivity contribution in [3.63, 3.8) is 0 Å². The van der Waals surface area contributed by atoms with Gasteiger partial charge in [0.1, 0.15) is 0 Å². The monoisotopic (exact) mass is 432 g/mol. The zero-order chi connectivity index (χ0) is 21.4. The van der Waals surface area contributed by atoms with E-state index in [0.29, 0.717) is 12.1 Å². The van der Waals surface area contributed by atoms with Crippen LogP contribution in [0.3, 0.4) is 0 Å². The molecular formula is C25H24N2O3S. The number of rotatable bonds is 5. The number of nitrogens with one attached hydrogen (secondary N) is 1. The van der Waals surface area contributed by atoms with E-state index in [9.17, 15) is 13.2 Å². The number of allylic oxidation sites excluding steroid dienone is 1. The minimum atomic E-state index is -3.72. The lowest BCUT2D eigenvalue weighted by molar-refractivity contribution is -0.128. The molecule has 0 aromatic heterocycles. The second kappa shape index (κ2) is 7.85. The highest BCUT2D eigenvalue weighted by Gasteiger charge is 2.23. The third kappa shape index (κ3) is 3.95. The molecule has 1 N–H and O–H groups in total. The fraction of sp³-hybridized carbons (Fsp3) is 0.240. The number of anilines is 1. The second-order valence-electron chi connectivity index (χ2n) is 8.18. The highest BCUT2D eigenvalue weighted by molar-refractivity contribution is 7.92. The molecule has 1 amide bonds. The third-order valence-electron chi connectivity index (χ3n) is 6.11. The molecule has 0 saturated carbocycles. The van der Waals surface area contributed by atoms with E-state index >= 15 is 0 Å². The number of hydrogen-bond donors (Lipinski definition) is 1. The molecule has 0 radical (unpaired) electrons. The van der Waals surface area contributed by atoms with E-state index in [1.165, 1.54) is 0 Å². The molecule has 1 fully saturated rings. The van der Waals surface area contributed by atoms with E-state index in [0.717, 1.165) is 59.8 Å². The number of hydrogen-bond acceptors (Lipinski definition) is 3. The first kappa shape index (κ1) is 19.8. The minimum absolute atomic E-state index is 0.152. The molecule has 5 nitrogen and oxygen atoms in total. The summed E-state index contributed by atoms with van der Waals surface area (Å²) in [5, 5.41) is 1.88. The molecule has 1 aliphatic heterocycles. The number of sulfonamides is 1. The van der Waals surface area contributed by atoms with Gasteiger partial charge in [-0.2, -0.15) is 0 Å². The minimum Gasteiger partial charge on any atom is -0.342 e. The van der Waals surface area contributed by atoms with Crippen LogP contribution < -0.4 is 4.72 Å². The number of benzene rings is 3. The largest absolute Gasteiger partial charge is 0.342 e. The molecule has 5 rings (SSSR count). The van der Waals surface area contributed by atoms with Crippen LogP contribution in [0.25, 0.3) is 16.3 Å². The van der Waals surface area contributed by atoms with Crippen LogP contribution in [-0.2, 0) is 21.2 Å². The Kier molecular flexibility index (Phi) is 5.02. The van der Waals surface area contributed by atoms with Gasteiger partial charge in [0, 0.05) is 18.8 Å². The Bertz CT molecular complexity index is 1310. The van der Waals surface area contributed by atoms with Crippen molar-refractivity contribution in [2.45, 2.75) is 30.6 Å². The van der Waals surface area contributed by atoms with E-state index in [1.807, 2.05) is 47.4 Å². The molecule has 6 heteroatoms. The van der Waals surface area contributed by atoms with Gasteiger partial charge in [-0.15, -0.1) is 0 Å². The maximum Gasteiger partial charge on any atom is 0.261 e. The van der Waals surface area contributed by atoms with Gasteiger partial charge in [-0.3, -0.25) is 9.52 Å². The summed E-state index contributed by atoms with van der Waals surface area (Å²) in [7, 11) is -3.72. The van der Waals surface area contributed by atoms with Crippen molar-refractivity contribution in [1.29, 1.82) is 0 Å². The molecule has 0 bridgehead atoms. The first-order chi connectivity index (χ1) is 15.0. The molecular weight excluding hydrogens is 408 g/mol. The van der Waals surface area contributed by atoms with Gasteiger partial charge in [0.15, 0.2) is 0 Å². The molecule has 1 aliphatic carbocycles. The van der Waals surface area contributed by atoms with E-state index in [1.54, 1.807) is 18.2 Å². The molecule has 3 aromatic rings. The van der Waals surface area contributed by atoms with Crippen molar-refractivity contribution in [2.24, 2.45) is 0 Å². The van der Waals surface area contributed by atoms with Gasteiger partial charge in [0.05, 0.1) is 11.3 Å². The Hall–Kier alpha value is -3.12. The fourth-order valence-corrected chi connectivity index (χ4v) is 5.50. The fourth-order valence-electron chi connectivity index (χ4n) is 4.42. The summed E-state index contributed by atoms with van der Waals surface area (Å²) < 4.78 is 28.7. The van der Waals surface area contributed by atoms with Gasteiger partial charge in [-0.05, 0) is 71.0 Å². The van der Waals surface area contributed by atoms with Gasteiger partial charge in [0.2, 0.25) is 5.91 Å². The Balaban J connectivity index is 1.37. The van der Waals surface area contributed by atoms with Crippen LogP contribution in [0.1, 0.15) is 30.4 Å². The topological polar surface area (TPSA) is 66.5 Å². The third-order valence-corrected chi connectivity index (χ3v) is 7.49. The van der Waals surface area contributed by atoms with Crippen molar-refractivity contribution in [2.75, 3.05) is 17.8 Å². The molecule has 1 saturated heterocycles. The summed E-state index contributed by atoms with van der Waals surface area (Å²) in [6, 6.07) is 18.4. The van der Waals surface area contributed by atoms with Crippen LogP contribution in [0.4, 0.5) is 5.69 Å². The summed E-state index contributed by atoms with van der Waals surface area (Å²) in [6.45, 7) is 1.68. The quantitative estimate of drug-likeness (QED) is 0.641. The lowest BCUT2D eigenvalue weighted by Gasteiger charge is -2.16. The number of nitrogens with zero attached hydrogens (tertiary/aromatic N) is 1. The number of carbonyl (C=O) groups is 1. The first-order valence-corrected chi connectivity index (χ1v) is 12.1. The number of carbonyl (C=O) groups excluding carboxylic acids is 1. The SMILES string of the molecule is O=C(CC1=CCc2ccc(NS(=O)(=O)c3ccc4ccccc4c3)cc21)N1CCCC1. The number of amides is 1. The van der Waals surface area contributed by atoms with Crippen molar-refractivity contribution in [3.8, 4) is 0 Å².